The molecule has 3 rings (SSSR count). The van der Waals surface area contributed by atoms with Crippen LogP contribution in [0, 0.1) is 5.82 Å². The van der Waals surface area contributed by atoms with Gasteiger partial charge in [-0.15, -0.1) is 12.4 Å². The molecular formula is C25H34ClFN4O5S2. The van der Waals surface area contributed by atoms with Crippen LogP contribution in [0.15, 0.2) is 47.4 Å². The Morgan fingerprint density at radius 2 is 1.61 bits per heavy atom. The van der Waals surface area contributed by atoms with Gasteiger partial charge >= 0.3 is 0 Å². The van der Waals surface area contributed by atoms with Crippen LogP contribution in [0.5, 0.6) is 0 Å². The van der Waals surface area contributed by atoms with Gasteiger partial charge in [0, 0.05) is 39.4 Å². The molecule has 0 aliphatic rings. The van der Waals surface area contributed by atoms with Crippen molar-refractivity contribution in [2.75, 3.05) is 72.6 Å². The maximum Gasteiger partial charge on any atom is 0.260 e. The van der Waals surface area contributed by atoms with E-state index in [-0.39, 0.29) is 55.0 Å². The van der Waals surface area contributed by atoms with Crippen LogP contribution < -0.4 is 4.90 Å². The van der Waals surface area contributed by atoms with Crippen molar-refractivity contribution in [1.29, 1.82) is 0 Å². The second-order valence-electron chi connectivity index (χ2n) is 8.61. The van der Waals surface area contributed by atoms with E-state index in [0.29, 0.717) is 28.4 Å². The van der Waals surface area contributed by atoms with E-state index in [0.717, 1.165) is 6.54 Å². The highest BCUT2D eigenvalue weighted by Gasteiger charge is 2.26. The average Bonchev–Trinajstić information content (AvgIpc) is 3.31. The molecule has 13 heteroatoms. The van der Waals surface area contributed by atoms with E-state index in [2.05, 4.69) is 4.98 Å². The number of ether oxygens (including phenoxy) is 2. The summed E-state index contributed by atoms with van der Waals surface area (Å²) in [5.74, 6) is -0.778. The molecule has 0 saturated heterocycles. The molecular weight excluding hydrogens is 555 g/mol. The molecule has 210 valence electrons. The molecule has 0 unspecified atom stereocenters. The number of hydrogen-bond donors (Lipinski definition) is 0. The number of benzene rings is 2. The predicted molar refractivity (Wildman–Crippen MR) is 151 cm³/mol. The lowest BCUT2D eigenvalue weighted by molar-refractivity contribution is 0.0986. The number of methoxy groups -OCH3 is 2. The number of carbonyl (C=O) groups excluding carboxylic acids is 1. The molecule has 0 fully saturated rings. The van der Waals surface area contributed by atoms with Crippen LogP contribution in [-0.2, 0) is 19.5 Å². The van der Waals surface area contributed by atoms with E-state index in [9.17, 15) is 17.6 Å². The Labute approximate surface area is 233 Å². The summed E-state index contributed by atoms with van der Waals surface area (Å²) < 4.78 is 52.7. The molecule has 1 heterocycles. The van der Waals surface area contributed by atoms with Gasteiger partial charge in [0.25, 0.3) is 5.91 Å². The van der Waals surface area contributed by atoms with Crippen molar-refractivity contribution >= 4 is 55.0 Å². The molecule has 0 spiro atoms. The molecule has 0 atom stereocenters. The van der Waals surface area contributed by atoms with E-state index in [4.69, 9.17) is 9.47 Å². The van der Waals surface area contributed by atoms with Crippen molar-refractivity contribution in [3.05, 3.63) is 53.8 Å². The Morgan fingerprint density at radius 1 is 0.974 bits per heavy atom. The summed E-state index contributed by atoms with van der Waals surface area (Å²) in [4.78, 5) is 21.6. The van der Waals surface area contributed by atoms with Gasteiger partial charge in [0.1, 0.15) is 11.3 Å². The molecule has 0 aliphatic carbocycles. The first kappa shape index (κ1) is 32.0. The van der Waals surface area contributed by atoms with Crippen LogP contribution in [0.1, 0.15) is 16.8 Å². The molecule has 2 aromatic carbocycles. The standard InChI is InChI=1S/C25H33FN4O5S2.ClH/c1-28(2)13-6-14-30(25-27-23-21(26)7-5-8-22(23)36-25)24(31)19-9-11-20(12-10-19)37(32,33)29(15-17-34-3)16-18-35-4;/h5,7-12H,6,13-18H2,1-4H3;1H. The molecule has 1 aromatic heterocycles. The fourth-order valence-electron chi connectivity index (χ4n) is 3.66. The van der Waals surface area contributed by atoms with Crippen LogP contribution in [-0.4, -0.2) is 96.2 Å². The van der Waals surface area contributed by atoms with Crippen LogP contribution in [0.3, 0.4) is 0 Å². The molecule has 3 aromatic rings. The van der Waals surface area contributed by atoms with Crippen molar-refractivity contribution in [2.24, 2.45) is 0 Å². The zero-order valence-electron chi connectivity index (χ0n) is 21.9. The highest BCUT2D eigenvalue weighted by Crippen LogP contribution is 2.31. The van der Waals surface area contributed by atoms with Gasteiger partial charge in [-0.05, 0) is 63.5 Å². The normalized spacial score (nSPS) is 11.8. The minimum Gasteiger partial charge on any atom is -0.383 e. The zero-order chi connectivity index (χ0) is 27.0. The van der Waals surface area contributed by atoms with Crippen molar-refractivity contribution in [2.45, 2.75) is 11.3 Å². The summed E-state index contributed by atoms with van der Waals surface area (Å²) >= 11 is 1.24. The predicted octanol–water partition coefficient (Wildman–Crippen LogP) is 3.74. The summed E-state index contributed by atoms with van der Waals surface area (Å²) in [6.45, 7) is 1.96. The third kappa shape index (κ3) is 7.92. The van der Waals surface area contributed by atoms with Crippen molar-refractivity contribution in [3.63, 3.8) is 0 Å². The van der Waals surface area contributed by atoms with E-state index < -0.39 is 15.8 Å². The minimum atomic E-state index is -3.82. The number of nitrogens with zero attached hydrogens (tertiary/aromatic N) is 4. The summed E-state index contributed by atoms with van der Waals surface area (Å²) in [6, 6.07) is 10.5. The Hall–Kier alpha value is -2.19. The molecule has 0 N–H and O–H groups in total. The Bertz CT molecular complexity index is 1280. The number of aromatic nitrogens is 1. The van der Waals surface area contributed by atoms with Crippen LogP contribution in [0.2, 0.25) is 0 Å². The third-order valence-corrected chi connectivity index (χ3v) is 8.61. The number of rotatable bonds is 14. The number of anilines is 1. The number of amides is 1. The van der Waals surface area contributed by atoms with Crippen LogP contribution in [0.25, 0.3) is 10.2 Å². The average molecular weight is 589 g/mol. The van der Waals surface area contributed by atoms with E-state index in [1.54, 1.807) is 12.1 Å². The molecule has 0 radical (unpaired) electrons. The highest BCUT2D eigenvalue weighted by molar-refractivity contribution is 7.89. The SMILES string of the molecule is COCCN(CCOC)S(=O)(=O)c1ccc(C(=O)N(CCCN(C)C)c2nc3c(F)cccc3s2)cc1.Cl. The first-order valence-corrected chi connectivity index (χ1v) is 14.0. The summed E-state index contributed by atoms with van der Waals surface area (Å²) in [7, 11) is 3.09. The molecule has 9 nitrogen and oxygen atoms in total. The fourth-order valence-corrected chi connectivity index (χ4v) is 6.07. The zero-order valence-corrected chi connectivity index (χ0v) is 24.4. The largest absolute Gasteiger partial charge is 0.383 e. The number of fused-ring (bicyclic) bond motifs is 1. The third-order valence-electron chi connectivity index (χ3n) is 5.65. The summed E-state index contributed by atoms with van der Waals surface area (Å²) in [5.41, 5.74) is 0.533. The van der Waals surface area contributed by atoms with Gasteiger partial charge in [0.05, 0.1) is 22.8 Å². The molecule has 0 bridgehead atoms. The first-order chi connectivity index (χ1) is 17.7. The maximum absolute atomic E-state index is 14.3. The number of para-hydroxylation sites is 1. The number of hydrogen-bond acceptors (Lipinski definition) is 8. The lowest BCUT2D eigenvalue weighted by atomic mass is 10.2. The first-order valence-electron chi connectivity index (χ1n) is 11.8. The lowest BCUT2D eigenvalue weighted by Gasteiger charge is -2.22. The van der Waals surface area contributed by atoms with E-state index in [1.807, 2.05) is 19.0 Å². The van der Waals surface area contributed by atoms with Gasteiger partial charge in [-0.3, -0.25) is 9.69 Å². The van der Waals surface area contributed by atoms with Gasteiger partial charge in [0.2, 0.25) is 10.0 Å². The summed E-state index contributed by atoms with van der Waals surface area (Å²) in [5, 5.41) is 0.394. The molecule has 0 saturated carbocycles. The van der Waals surface area contributed by atoms with Crippen LogP contribution >= 0.6 is 23.7 Å². The Balaban J connectivity index is 0.00000507. The van der Waals surface area contributed by atoms with E-state index in [1.165, 1.54) is 65.1 Å². The second-order valence-corrected chi connectivity index (χ2v) is 11.6. The van der Waals surface area contributed by atoms with Gasteiger partial charge in [0.15, 0.2) is 5.13 Å². The number of carbonyl (C=O) groups is 1. The second kappa shape index (κ2) is 14.8. The topological polar surface area (TPSA) is 92.3 Å². The van der Waals surface area contributed by atoms with Gasteiger partial charge in [-0.25, -0.2) is 17.8 Å². The lowest BCUT2D eigenvalue weighted by Crippen LogP contribution is -2.36. The molecule has 1 amide bonds. The molecule has 38 heavy (non-hydrogen) atoms. The summed E-state index contributed by atoms with van der Waals surface area (Å²) in [6.07, 6.45) is 0.678. The maximum atomic E-state index is 14.3. The smallest absolute Gasteiger partial charge is 0.260 e. The Kier molecular flexibility index (Phi) is 12.5. The van der Waals surface area contributed by atoms with Crippen molar-refractivity contribution in [3.8, 4) is 0 Å². The Morgan fingerprint density at radius 3 is 2.16 bits per heavy atom. The van der Waals surface area contributed by atoms with Crippen molar-refractivity contribution < 1.29 is 27.1 Å². The van der Waals surface area contributed by atoms with E-state index >= 15 is 0 Å². The monoisotopic (exact) mass is 588 g/mol. The minimum absolute atomic E-state index is 0. The highest BCUT2D eigenvalue weighted by atomic mass is 35.5. The number of sulfonamides is 1. The quantitative estimate of drug-likeness (QED) is 0.283. The fraction of sp³-hybridized carbons (Fsp3) is 0.440. The van der Waals surface area contributed by atoms with Crippen molar-refractivity contribution in [1.82, 2.24) is 14.2 Å². The van der Waals surface area contributed by atoms with Crippen LogP contribution in [0.4, 0.5) is 9.52 Å². The van der Waals surface area contributed by atoms with Gasteiger partial charge < -0.3 is 14.4 Å². The number of halogens is 2. The molecule has 0 aliphatic heterocycles. The number of thiazole rings is 1. The van der Waals surface area contributed by atoms with Gasteiger partial charge in [-0.2, -0.15) is 4.31 Å². The van der Waals surface area contributed by atoms with Gasteiger partial charge in [-0.1, -0.05) is 17.4 Å².